The van der Waals surface area contributed by atoms with Crippen molar-refractivity contribution in [2.75, 3.05) is 0 Å². The van der Waals surface area contributed by atoms with Gasteiger partial charge in [0.05, 0.1) is 11.7 Å². The molecule has 3 heteroatoms. The van der Waals surface area contributed by atoms with E-state index in [0.29, 0.717) is 11.3 Å². The standard InChI is InChI=1S/C11H14O3/c1-7(2)14-11-6-9(13)4-5-10(11)8(3)12/h4-7,13H,1-3H3. The van der Waals surface area contributed by atoms with Crippen LogP contribution in [0.4, 0.5) is 0 Å². The molecular weight excluding hydrogens is 180 g/mol. The lowest BCUT2D eigenvalue weighted by Gasteiger charge is -2.12. The Hall–Kier alpha value is -1.51. The second-order valence-corrected chi connectivity index (χ2v) is 3.40. The lowest BCUT2D eigenvalue weighted by Crippen LogP contribution is -2.08. The SMILES string of the molecule is CC(=O)c1ccc(O)cc1OC(C)C. The normalized spacial score (nSPS) is 10.3. The van der Waals surface area contributed by atoms with E-state index in [2.05, 4.69) is 0 Å². The van der Waals surface area contributed by atoms with Gasteiger partial charge in [-0.05, 0) is 32.9 Å². The summed E-state index contributed by atoms with van der Waals surface area (Å²) in [4.78, 5) is 11.2. The zero-order valence-corrected chi connectivity index (χ0v) is 8.57. The highest BCUT2D eigenvalue weighted by Gasteiger charge is 2.10. The first-order chi connectivity index (χ1) is 6.50. The summed E-state index contributed by atoms with van der Waals surface area (Å²) in [5, 5.41) is 9.24. The fourth-order valence-corrected chi connectivity index (χ4v) is 1.15. The van der Waals surface area contributed by atoms with Crippen molar-refractivity contribution in [1.29, 1.82) is 0 Å². The third-order valence-electron chi connectivity index (χ3n) is 1.71. The number of aromatic hydroxyl groups is 1. The summed E-state index contributed by atoms with van der Waals surface area (Å²) in [6, 6.07) is 4.50. The first kappa shape index (κ1) is 10.6. The number of carbonyl (C=O) groups excluding carboxylic acids is 1. The molecule has 0 amide bonds. The van der Waals surface area contributed by atoms with Crippen LogP contribution < -0.4 is 4.74 Å². The Labute approximate surface area is 83.3 Å². The number of benzene rings is 1. The van der Waals surface area contributed by atoms with Crippen LogP contribution in [0.1, 0.15) is 31.1 Å². The number of Topliss-reactive ketones (excluding diaryl/α,β-unsaturated/α-hetero) is 1. The molecule has 0 atom stereocenters. The van der Waals surface area contributed by atoms with E-state index in [-0.39, 0.29) is 17.6 Å². The number of carbonyl (C=O) groups is 1. The molecule has 0 saturated heterocycles. The zero-order chi connectivity index (χ0) is 10.7. The van der Waals surface area contributed by atoms with Gasteiger partial charge in [0, 0.05) is 6.07 Å². The highest BCUT2D eigenvalue weighted by atomic mass is 16.5. The van der Waals surface area contributed by atoms with E-state index in [1.165, 1.54) is 19.1 Å². The smallest absolute Gasteiger partial charge is 0.163 e. The van der Waals surface area contributed by atoms with Crippen LogP contribution in [0, 0.1) is 0 Å². The van der Waals surface area contributed by atoms with E-state index in [0.717, 1.165) is 0 Å². The van der Waals surface area contributed by atoms with Crippen molar-refractivity contribution >= 4 is 5.78 Å². The summed E-state index contributed by atoms with van der Waals surface area (Å²) in [6.45, 7) is 5.21. The van der Waals surface area contributed by atoms with Crippen LogP contribution in [0.2, 0.25) is 0 Å². The average Bonchev–Trinajstić information content (AvgIpc) is 2.01. The molecule has 1 rings (SSSR count). The fraction of sp³-hybridized carbons (Fsp3) is 0.364. The number of ether oxygens (including phenoxy) is 1. The predicted octanol–water partition coefficient (Wildman–Crippen LogP) is 2.38. The maximum atomic E-state index is 11.2. The summed E-state index contributed by atoms with van der Waals surface area (Å²) in [7, 11) is 0. The summed E-state index contributed by atoms with van der Waals surface area (Å²) >= 11 is 0. The minimum absolute atomic E-state index is 0.0186. The molecule has 0 heterocycles. The van der Waals surface area contributed by atoms with E-state index in [1.807, 2.05) is 13.8 Å². The fourth-order valence-electron chi connectivity index (χ4n) is 1.15. The highest BCUT2D eigenvalue weighted by molar-refractivity contribution is 5.97. The summed E-state index contributed by atoms with van der Waals surface area (Å²) in [6.07, 6.45) is -0.0186. The Kier molecular flexibility index (Phi) is 3.12. The number of hydrogen-bond acceptors (Lipinski definition) is 3. The quantitative estimate of drug-likeness (QED) is 0.751. The maximum absolute atomic E-state index is 11.2. The molecule has 0 aliphatic heterocycles. The van der Waals surface area contributed by atoms with Gasteiger partial charge in [0.1, 0.15) is 11.5 Å². The molecule has 1 aromatic carbocycles. The van der Waals surface area contributed by atoms with Crippen LogP contribution in [0.15, 0.2) is 18.2 Å². The van der Waals surface area contributed by atoms with Crippen molar-refractivity contribution in [3.05, 3.63) is 23.8 Å². The number of phenolic OH excluding ortho intramolecular Hbond substituents is 1. The average molecular weight is 194 g/mol. The van der Waals surface area contributed by atoms with Crippen LogP contribution in [0.5, 0.6) is 11.5 Å². The maximum Gasteiger partial charge on any atom is 0.163 e. The molecule has 0 aliphatic rings. The number of hydrogen-bond donors (Lipinski definition) is 1. The molecule has 0 fully saturated rings. The monoisotopic (exact) mass is 194 g/mol. The molecule has 0 bridgehead atoms. The van der Waals surface area contributed by atoms with Crippen molar-refractivity contribution < 1.29 is 14.6 Å². The molecule has 0 spiro atoms. The molecule has 76 valence electrons. The van der Waals surface area contributed by atoms with Gasteiger partial charge < -0.3 is 9.84 Å². The molecular formula is C11H14O3. The van der Waals surface area contributed by atoms with Gasteiger partial charge in [-0.2, -0.15) is 0 Å². The van der Waals surface area contributed by atoms with E-state index in [9.17, 15) is 9.90 Å². The van der Waals surface area contributed by atoms with Gasteiger partial charge in [0.25, 0.3) is 0 Å². The van der Waals surface area contributed by atoms with E-state index in [4.69, 9.17) is 4.74 Å². The third-order valence-corrected chi connectivity index (χ3v) is 1.71. The van der Waals surface area contributed by atoms with Crippen molar-refractivity contribution in [2.45, 2.75) is 26.9 Å². The van der Waals surface area contributed by atoms with Crippen LogP contribution in [-0.4, -0.2) is 17.0 Å². The van der Waals surface area contributed by atoms with E-state index in [1.54, 1.807) is 6.07 Å². The van der Waals surface area contributed by atoms with Crippen LogP contribution in [-0.2, 0) is 0 Å². The first-order valence-electron chi connectivity index (χ1n) is 4.51. The van der Waals surface area contributed by atoms with Crippen molar-refractivity contribution in [2.24, 2.45) is 0 Å². The number of ketones is 1. The number of phenols is 1. The molecule has 0 saturated carbocycles. The Morgan fingerprint density at radius 1 is 1.43 bits per heavy atom. The van der Waals surface area contributed by atoms with Crippen molar-refractivity contribution in [3.8, 4) is 11.5 Å². The molecule has 3 nitrogen and oxygen atoms in total. The zero-order valence-electron chi connectivity index (χ0n) is 8.57. The molecule has 0 aliphatic carbocycles. The van der Waals surface area contributed by atoms with Crippen molar-refractivity contribution in [3.63, 3.8) is 0 Å². The Bertz CT molecular complexity index is 342. The molecule has 1 aromatic rings. The highest BCUT2D eigenvalue weighted by Crippen LogP contribution is 2.25. The van der Waals surface area contributed by atoms with Gasteiger partial charge >= 0.3 is 0 Å². The molecule has 0 aromatic heterocycles. The summed E-state index contributed by atoms with van der Waals surface area (Å²) in [5.41, 5.74) is 0.497. The minimum Gasteiger partial charge on any atom is -0.508 e. The molecule has 0 radical (unpaired) electrons. The van der Waals surface area contributed by atoms with Gasteiger partial charge in [-0.1, -0.05) is 0 Å². The second-order valence-electron chi connectivity index (χ2n) is 3.40. The van der Waals surface area contributed by atoms with Crippen molar-refractivity contribution in [1.82, 2.24) is 0 Å². The van der Waals surface area contributed by atoms with E-state index < -0.39 is 0 Å². The topological polar surface area (TPSA) is 46.5 Å². The minimum atomic E-state index is -0.0688. The lowest BCUT2D eigenvalue weighted by molar-refractivity contribution is 0.101. The Morgan fingerprint density at radius 2 is 2.07 bits per heavy atom. The predicted molar refractivity (Wildman–Crippen MR) is 53.9 cm³/mol. The van der Waals surface area contributed by atoms with Gasteiger partial charge in [-0.25, -0.2) is 0 Å². The van der Waals surface area contributed by atoms with Gasteiger partial charge in [0.15, 0.2) is 5.78 Å². The second kappa shape index (κ2) is 4.13. The largest absolute Gasteiger partial charge is 0.508 e. The van der Waals surface area contributed by atoms with Crippen LogP contribution in [0.25, 0.3) is 0 Å². The Morgan fingerprint density at radius 3 is 2.57 bits per heavy atom. The third kappa shape index (κ3) is 2.49. The van der Waals surface area contributed by atoms with Gasteiger partial charge in [0.2, 0.25) is 0 Å². The Balaban J connectivity index is 3.09. The van der Waals surface area contributed by atoms with Gasteiger partial charge in [-0.3, -0.25) is 4.79 Å². The molecule has 14 heavy (non-hydrogen) atoms. The first-order valence-corrected chi connectivity index (χ1v) is 4.51. The summed E-state index contributed by atoms with van der Waals surface area (Å²) < 4.78 is 5.41. The van der Waals surface area contributed by atoms with Gasteiger partial charge in [-0.15, -0.1) is 0 Å². The number of rotatable bonds is 3. The van der Waals surface area contributed by atoms with E-state index >= 15 is 0 Å². The summed E-state index contributed by atoms with van der Waals surface area (Å²) in [5.74, 6) is 0.471. The van der Waals surface area contributed by atoms with Crippen LogP contribution in [0.3, 0.4) is 0 Å². The molecule has 1 N–H and O–H groups in total. The van der Waals surface area contributed by atoms with Crippen LogP contribution >= 0.6 is 0 Å². The molecule has 0 unspecified atom stereocenters. The lowest BCUT2D eigenvalue weighted by atomic mass is 10.1.